The summed E-state index contributed by atoms with van der Waals surface area (Å²) >= 11 is 0. The fourth-order valence-electron chi connectivity index (χ4n) is 3.95. The van der Waals surface area contributed by atoms with Crippen LogP contribution < -0.4 is 0 Å². The van der Waals surface area contributed by atoms with Crippen molar-refractivity contribution in [2.24, 2.45) is 5.92 Å². The monoisotopic (exact) mass is 373 g/mol. The van der Waals surface area contributed by atoms with Crippen LogP contribution in [-0.2, 0) is 5.92 Å². The Bertz CT molecular complexity index is 872. The van der Waals surface area contributed by atoms with Crippen LogP contribution in [0.4, 0.5) is 17.6 Å². The maximum atomic E-state index is 14.7. The minimum atomic E-state index is -3.04. The molecule has 2 aromatic rings. The van der Waals surface area contributed by atoms with Gasteiger partial charge >= 0.3 is 0 Å². The van der Waals surface area contributed by atoms with Crippen molar-refractivity contribution in [1.29, 1.82) is 0 Å². The van der Waals surface area contributed by atoms with Gasteiger partial charge in [0.25, 0.3) is 5.92 Å². The highest BCUT2D eigenvalue weighted by atomic mass is 19.3. The van der Waals surface area contributed by atoms with Crippen molar-refractivity contribution in [3.63, 3.8) is 0 Å². The lowest BCUT2D eigenvalue weighted by Gasteiger charge is -2.27. The SMILES string of the molecule is CC1CCC(c2ccc(-c3ccc(C(F)(F)C4=C[CH]4)cc3)c(F)c2F)CC1. The molecule has 2 aromatic carbocycles. The predicted molar refractivity (Wildman–Crippen MR) is 98.4 cm³/mol. The number of benzene rings is 2. The molecule has 0 amide bonds. The van der Waals surface area contributed by atoms with Gasteiger partial charge in [-0.2, -0.15) is 8.78 Å². The first kappa shape index (κ1) is 18.3. The highest BCUT2D eigenvalue weighted by Gasteiger charge is 2.40. The van der Waals surface area contributed by atoms with Gasteiger partial charge in [0.05, 0.1) is 0 Å². The van der Waals surface area contributed by atoms with Crippen LogP contribution in [0.25, 0.3) is 11.1 Å². The molecule has 0 aliphatic heterocycles. The lowest BCUT2D eigenvalue weighted by atomic mass is 9.79. The zero-order valence-corrected chi connectivity index (χ0v) is 15.1. The van der Waals surface area contributed by atoms with Crippen LogP contribution in [0.1, 0.15) is 49.7 Å². The molecule has 0 nitrogen and oxygen atoms in total. The number of rotatable bonds is 4. The Labute approximate surface area is 156 Å². The van der Waals surface area contributed by atoms with E-state index < -0.39 is 17.6 Å². The highest BCUT2D eigenvalue weighted by Crippen LogP contribution is 2.44. The Balaban J connectivity index is 1.61. The fraction of sp³-hybridized carbons (Fsp3) is 0.348. The van der Waals surface area contributed by atoms with Crippen molar-refractivity contribution in [2.75, 3.05) is 0 Å². The smallest absolute Gasteiger partial charge is 0.203 e. The van der Waals surface area contributed by atoms with Crippen molar-refractivity contribution in [3.8, 4) is 11.1 Å². The first-order chi connectivity index (χ1) is 12.9. The van der Waals surface area contributed by atoms with Crippen LogP contribution in [0.3, 0.4) is 0 Å². The maximum absolute atomic E-state index is 14.7. The lowest BCUT2D eigenvalue weighted by molar-refractivity contribution is 0.0455. The zero-order valence-electron chi connectivity index (χ0n) is 15.1. The van der Waals surface area contributed by atoms with Gasteiger partial charge in [-0.05, 0) is 35.8 Å². The van der Waals surface area contributed by atoms with Crippen molar-refractivity contribution in [1.82, 2.24) is 0 Å². The summed E-state index contributed by atoms with van der Waals surface area (Å²) < 4.78 is 57.6. The Morgan fingerprint density at radius 3 is 2.07 bits per heavy atom. The van der Waals surface area contributed by atoms with E-state index in [1.54, 1.807) is 12.1 Å². The van der Waals surface area contributed by atoms with Gasteiger partial charge in [-0.25, -0.2) is 8.78 Å². The molecule has 1 saturated carbocycles. The molecule has 4 rings (SSSR count). The standard InChI is InChI=1S/C23H21F4/c1-14-2-4-15(5-3-14)19-12-13-20(22(25)21(19)24)16-6-8-17(9-7-16)23(26,27)18-10-11-18/h6-15H,2-5H2,1H3. The van der Waals surface area contributed by atoms with Crippen LogP contribution in [0.15, 0.2) is 48.0 Å². The second-order valence-electron chi connectivity index (χ2n) is 7.73. The van der Waals surface area contributed by atoms with Gasteiger partial charge in [0.1, 0.15) is 0 Å². The van der Waals surface area contributed by atoms with Crippen LogP contribution in [-0.4, -0.2) is 0 Å². The molecule has 1 fully saturated rings. The van der Waals surface area contributed by atoms with Crippen LogP contribution in [0, 0.1) is 24.0 Å². The van der Waals surface area contributed by atoms with Crippen molar-refractivity contribution in [2.45, 2.75) is 44.4 Å². The van der Waals surface area contributed by atoms with E-state index in [4.69, 9.17) is 0 Å². The van der Waals surface area contributed by atoms with Gasteiger partial charge in [-0.3, -0.25) is 0 Å². The molecule has 0 unspecified atom stereocenters. The molecule has 27 heavy (non-hydrogen) atoms. The Morgan fingerprint density at radius 2 is 1.48 bits per heavy atom. The fourth-order valence-corrected chi connectivity index (χ4v) is 3.95. The molecule has 141 valence electrons. The third kappa shape index (κ3) is 3.42. The molecule has 4 heteroatoms. The summed E-state index contributed by atoms with van der Waals surface area (Å²) in [5, 5.41) is 0. The van der Waals surface area contributed by atoms with Gasteiger partial charge in [0, 0.05) is 23.1 Å². The average Bonchev–Trinajstić information content (AvgIpc) is 3.51. The topological polar surface area (TPSA) is 0 Å². The molecular formula is C23H21F4. The van der Waals surface area contributed by atoms with E-state index in [0.717, 1.165) is 25.7 Å². The molecule has 0 spiro atoms. The summed E-state index contributed by atoms with van der Waals surface area (Å²) in [7, 11) is 0. The van der Waals surface area contributed by atoms with E-state index in [0.29, 0.717) is 17.0 Å². The lowest BCUT2D eigenvalue weighted by Crippen LogP contribution is -2.13. The molecular weight excluding hydrogens is 352 g/mol. The van der Waals surface area contributed by atoms with E-state index in [9.17, 15) is 17.6 Å². The van der Waals surface area contributed by atoms with E-state index in [1.807, 2.05) is 0 Å². The van der Waals surface area contributed by atoms with E-state index in [2.05, 4.69) is 6.92 Å². The second-order valence-corrected chi connectivity index (χ2v) is 7.73. The first-order valence-electron chi connectivity index (χ1n) is 9.40. The van der Waals surface area contributed by atoms with Gasteiger partial charge in [-0.1, -0.05) is 62.2 Å². The minimum absolute atomic E-state index is 0.0152. The third-order valence-corrected chi connectivity index (χ3v) is 5.82. The number of hydrogen-bond donors (Lipinski definition) is 0. The number of alkyl halides is 2. The van der Waals surface area contributed by atoms with E-state index >= 15 is 0 Å². The molecule has 0 aromatic heterocycles. The maximum Gasteiger partial charge on any atom is 0.295 e. The summed E-state index contributed by atoms with van der Waals surface area (Å²) in [6, 6.07) is 8.61. The van der Waals surface area contributed by atoms with Gasteiger partial charge in [0.2, 0.25) is 0 Å². The van der Waals surface area contributed by atoms with Crippen molar-refractivity contribution < 1.29 is 17.6 Å². The Morgan fingerprint density at radius 1 is 0.852 bits per heavy atom. The first-order valence-corrected chi connectivity index (χ1v) is 9.40. The summed E-state index contributed by atoms with van der Waals surface area (Å²) in [4.78, 5) is 0. The summed E-state index contributed by atoms with van der Waals surface area (Å²) in [6.07, 6.45) is 6.52. The summed E-state index contributed by atoms with van der Waals surface area (Å²) in [5.74, 6) is -4.06. The zero-order chi connectivity index (χ0) is 19.2. The van der Waals surface area contributed by atoms with E-state index in [1.165, 1.54) is 36.8 Å². The van der Waals surface area contributed by atoms with Crippen molar-refractivity contribution >= 4 is 0 Å². The quantitative estimate of drug-likeness (QED) is 0.499. The third-order valence-electron chi connectivity index (χ3n) is 5.82. The average molecular weight is 373 g/mol. The number of hydrogen-bond acceptors (Lipinski definition) is 0. The van der Waals surface area contributed by atoms with Crippen LogP contribution in [0.5, 0.6) is 0 Å². The predicted octanol–water partition coefficient (Wildman–Crippen LogP) is 7.16. The molecule has 0 saturated heterocycles. The van der Waals surface area contributed by atoms with Gasteiger partial charge < -0.3 is 0 Å². The molecule has 0 heterocycles. The van der Waals surface area contributed by atoms with E-state index in [-0.39, 0.29) is 22.6 Å². The highest BCUT2D eigenvalue weighted by molar-refractivity contribution is 5.66. The minimum Gasteiger partial charge on any atom is -0.203 e. The normalized spacial score (nSPS) is 22.5. The summed E-state index contributed by atoms with van der Waals surface area (Å²) in [5.41, 5.74) is 0.761. The molecule has 2 aliphatic rings. The Hall–Kier alpha value is -2.10. The number of halogens is 4. The summed E-state index contributed by atoms with van der Waals surface area (Å²) in [6.45, 7) is 2.18. The molecule has 2 aliphatic carbocycles. The second kappa shape index (κ2) is 6.81. The molecule has 1 radical (unpaired) electrons. The van der Waals surface area contributed by atoms with Gasteiger partial charge in [-0.15, -0.1) is 0 Å². The largest absolute Gasteiger partial charge is 0.295 e. The molecule has 0 N–H and O–H groups in total. The molecule has 0 bridgehead atoms. The number of allylic oxidation sites excluding steroid dienone is 2. The van der Waals surface area contributed by atoms with Crippen molar-refractivity contribution in [3.05, 3.63) is 77.2 Å². The molecule has 0 atom stereocenters. The van der Waals surface area contributed by atoms with Crippen LogP contribution in [0.2, 0.25) is 0 Å². The Kier molecular flexibility index (Phi) is 4.61. The van der Waals surface area contributed by atoms with Crippen LogP contribution >= 0.6 is 0 Å². The van der Waals surface area contributed by atoms with Gasteiger partial charge in [0.15, 0.2) is 11.6 Å².